The first kappa shape index (κ1) is 22.8. The fourth-order valence-electron chi connectivity index (χ4n) is 4.17. The summed E-state index contributed by atoms with van der Waals surface area (Å²) < 4.78 is 45.4. The average Bonchev–Trinajstić information content (AvgIpc) is 3.24. The second kappa shape index (κ2) is 8.54. The van der Waals surface area contributed by atoms with Crippen LogP contribution in [0.4, 0.5) is 29.5 Å². The van der Waals surface area contributed by atoms with Crippen molar-refractivity contribution in [3.05, 3.63) is 46.1 Å². The van der Waals surface area contributed by atoms with E-state index < -0.39 is 28.3 Å². The van der Waals surface area contributed by atoms with Gasteiger partial charge < -0.3 is 25.5 Å². The number of amides is 2. The van der Waals surface area contributed by atoms with Crippen molar-refractivity contribution in [2.75, 3.05) is 25.0 Å². The fraction of sp³-hybridized carbons (Fsp3) is 0.500. The van der Waals surface area contributed by atoms with Crippen LogP contribution in [-0.2, 0) is 12.7 Å². The number of benzene rings is 1. The monoisotopic (exact) mass is 468 g/mol. The van der Waals surface area contributed by atoms with Crippen LogP contribution in [-0.4, -0.2) is 56.7 Å². The van der Waals surface area contributed by atoms with Gasteiger partial charge in [0.25, 0.3) is 0 Å². The summed E-state index contributed by atoms with van der Waals surface area (Å²) >= 11 is 0. The third-order valence-corrected chi connectivity index (χ3v) is 5.71. The summed E-state index contributed by atoms with van der Waals surface area (Å²) in [5, 5.41) is 16.2. The predicted molar refractivity (Wildman–Crippen MR) is 111 cm³/mol. The third-order valence-electron chi connectivity index (χ3n) is 5.71. The number of nitrogens with one attached hydrogen (secondary N) is 2. The Labute approximate surface area is 186 Å². The average molecular weight is 468 g/mol. The first-order chi connectivity index (χ1) is 15.5. The number of hydrogen-bond acceptors (Lipinski definition) is 6. The van der Waals surface area contributed by atoms with Gasteiger partial charge in [0.15, 0.2) is 0 Å². The SMILES string of the molecule is CC1(CN2CCC(NC(=O)Nc3ccc(C(F)(F)F)cc3)CC2)Cn2cc([N+](=O)[O-])nc2O1. The van der Waals surface area contributed by atoms with E-state index in [0.717, 1.165) is 12.1 Å². The number of piperidine rings is 1. The molecule has 2 aromatic rings. The number of alkyl halides is 3. The molecular weight excluding hydrogens is 445 g/mol. The Kier molecular flexibility index (Phi) is 5.91. The molecule has 1 saturated heterocycles. The van der Waals surface area contributed by atoms with Crippen LogP contribution in [0.2, 0.25) is 0 Å². The lowest BCUT2D eigenvalue weighted by molar-refractivity contribution is -0.389. The molecule has 0 bridgehead atoms. The van der Waals surface area contributed by atoms with Crippen molar-refractivity contribution >= 4 is 17.5 Å². The molecule has 2 N–H and O–H groups in total. The molecular formula is C20H23F3N6O4. The van der Waals surface area contributed by atoms with Gasteiger partial charge in [0.1, 0.15) is 11.8 Å². The number of anilines is 1. The summed E-state index contributed by atoms with van der Waals surface area (Å²) in [7, 11) is 0. The van der Waals surface area contributed by atoms with Crippen molar-refractivity contribution in [2.24, 2.45) is 0 Å². The fourth-order valence-corrected chi connectivity index (χ4v) is 4.17. The normalized spacial score (nSPS) is 21.3. The predicted octanol–water partition coefficient (Wildman–Crippen LogP) is 3.25. The second-order valence-corrected chi connectivity index (χ2v) is 8.54. The summed E-state index contributed by atoms with van der Waals surface area (Å²) in [4.78, 5) is 28.6. The van der Waals surface area contributed by atoms with Gasteiger partial charge in [-0.2, -0.15) is 13.2 Å². The van der Waals surface area contributed by atoms with Crippen molar-refractivity contribution in [1.82, 2.24) is 19.8 Å². The molecule has 13 heteroatoms. The van der Waals surface area contributed by atoms with Crippen molar-refractivity contribution in [3.63, 3.8) is 0 Å². The molecule has 1 aromatic carbocycles. The molecule has 0 saturated carbocycles. The molecule has 178 valence electrons. The molecule has 2 aliphatic heterocycles. The zero-order valence-electron chi connectivity index (χ0n) is 17.8. The lowest BCUT2D eigenvalue weighted by Crippen LogP contribution is -2.51. The van der Waals surface area contributed by atoms with E-state index in [4.69, 9.17) is 4.74 Å². The Bertz CT molecular complexity index is 1010. The molecule has 33 heavy (non-hydrogen) atoms. The van der Waals surface area contributed by atoms with Gasteiger partial charge in [0, 0.05) is 36.3 Å². The minimum Gasteiger partial charge on any atom is -0.436 e. The minimum atomic E-state index is -4.42. The number of nitrogens with zero attached hydrogens (tertiary/aromatic N) is 4. The number of likely N-dealkylation sites (tertiary alicyclic amines) is 1. The van der Waals surface area contributed by atoms with Gasteiger partial charge in [-0.15, -0.1) is 0 Å². The van der Waals surface area contributed by atoms with E-state index in [1.54, 1.807) is 4.57 Å². The molecule has 1 unspecified atom stereocenters. The van der Waals surface area contributed by atoms with Gasteiger partial charge in [-0.1, -0.05) is 0 Å². The number of urea groups is 1. The third kappa shape index (κ3) is 5.35. The highest BCUT2D eigenvalue weighted by molar-refractivity contribution is 5.89. The van der Waals surface area contributed by atoms with Crippen LogP contribution in [0.3, 0.4) is 0 Å². The molecule has 1 aromatic heterocycles. The number of carbonyl (C=O) groups is 1. The zero-order valence-corrected chi connectivity index (χ0v) is 17.8. The van der Waals surface area contributed by atoms with E-state index in [1.807, 2.05) is 6.92 Å². The van der Waals surface area contributed by atoms with Crippen LogP contribution >= 0.6 is 0 Å². The number of halogens is 3. The molecule has 0 radical (unpaired) electrons. The summed E-state index contributed by atoms with van der Waals surface area (Å²) in [6.07, 6.45) is -1.65. The summed E-state index contributed by atoms with van der Waals surface area (Å²) in [6, 6.07) is 3.98. The maximum absolute atomic E-state index is 12.6. The Morgan fingerprint density at radius 2 is 1.97 bits per heavy atom. The van der Waals surface area contributed by atoms with Gasteiger partial charge >= 0.3 is 24.0 Å². The maximum Gasteiger partial charge on any atom is 0.416 e. The summed E-state index contributed by atoms with van der Waals surface area (Å²) in [5.74, 6) is -0.242. The highest BCUT2D eigenvalue weighted by Crippen LogP contribution is 2.32. The molecule has 1 atom stereocenters. The lowest BCUT2D eigenvalue weighted by atomic mass is 10.0. The number of ether oxygens (including phenoxy) is 1. The minimum absolute atomic E-state index is 0.0638. The highest BCUT2D eigenvalue weighted by Gasteiger charge is 2.42. The van der Waals surface area contributed by atoms with Crippen molar-refractivity contribution < 1.29 is 27.6 Å². The highest BCUT2D eigenvalue weighted by atomic mass is 19.4. The smallest absolute Gasteiger partial charge is 0.416 e. The zero-order chi connectivity index (χ0) is 23.8. The van der Waals surface area contributed by atoms with E-state index in [0.29, 0.717) is 39.0 Å². The molecule has 2 aliphatic rings. The number of fused-ring (bicyclic) bond motifs is 1. The van der Waals surface area contributed by atoms with E-state index in [9.17, 15) is 28.1 Å². The number of imidazole rings is 1. The Balaban J connectivity index is 1.22. The largest absolute Gasteiger partial charge is 0.436 e. The molecule has 0 spiro atoms. The molecule has 3 heterocycles. The van der Waals surface area contributed by atoms with E-state index in [2.05, 4.69) is 20.5 Å². The quantitative estimate of drug-likeness (QED) is 0.514. The second-order valence-electron chi connectivity index (χ2n) is 8.54. The van der Waals surface area contributed by atoms with E-state index >= 15 is 0 Å². The Morgan fingerprint density at radius 1 is 1.30 bits per heavy atom. The molecule has 2 amide bonds. The van der Waals surface area contributed by atoms with Crippen molar-refractivity contribution in [2.45, 2.75) is 44.1 Å². The molecule has 4 rings (SSSR count). The number of nitro groups is 1. The van der Waals surface area contributed by atoms with Crippen LogP contribution in [0, 0.1) is 10.1 Å². The lowest BCUT2D eigenvalue weighted by Gasteiger charge is -2.36. The first-order valence-corrected chi connectivity index (χ1v) is 10.4. The van der Waals surface area contributed by atoms with Gasteiger partial charge in [-0.25, -0.2) is 4.79 Å². The van der Waals surface area contributed by atoms with Crippen LogP contribution in [0.5, 0.6) is 6.01 Å². The Morgan fingerprint density at radius 3 is 2.55 bits per heavy atom. The standard InChI is InChI=1S/C20H23F3N6O4/c1-19(12-28-10-16(29(31)32)26-18(28)33-19)11-27-8-6-15(7-9-27)25-17(30)24-14-4-2-13(3-5-14)20(21,22)23/h2-5,10,15H,6-9,11-12H2,1H3,(H2,24,25,30). The van der Waals surface area contributed by atoms with Gasteiger partial charge in [0.05, 0.1) is 12.1 Å². The molecule has 10 nitrogen and oxygen atoms in total. The van der Waals surface area contributed by atoms with Crippen molar-refractivity contribution in [3.8, 4) is 6.01 Å². The number of hydrogen-bond donors (Lipinski definition) is 2. The summed E-state index contributed by atoms with van der Waals surface area (Å²) in [6.45, 7) is 4.42. The van der Waals surface area contributed by atoms with Crippen LogP contribution in [0.25, 0.3) is 0 Å². The van der Waals surface area contributed by atoms with Crippen molar-refractivity contribution in [1.29, 1.82) is 0 Å². The molecule has 1 fully saturated rings. The number of aromatic nitrogens is 2. The van der Waals surface area contributed by atoms with E-state index in [-0.39, 0.29) is 23.6 Å². The van der Waals surface area contributed by atoms with Crippen LogP contribution < -0.4 is 15.4 Å². The van der Waals surface area contributed by atoms with Gasteiger partial charge in [0.2, 0.25) is 0 Å². The van der Waals surface area contributed by atoms with E-state index in [1.165, 1.54) is 18.3 Å². The Hall–Kier alpha value is -3.35. The molecule has 0 aliphatic carbocycles. The number of carbonyl (C=O) groups excluding carboxylic acids is 1. The van der Waals surface area contributed by atoms with Gasteiger partial charge in [-0.05, 0) is 49.0 Å². The maximum atomic E-state index is 12.6. The van der Waals surface area contributed by atoms with Crippen LogP contribution in [0.15, 0.2) is 30.5 Å². The summed E-state index contributed by atoms with van der Waals surface area (Å²) in [5.41, 5.74) is -1.05. The topological polar surface area (TPSA) is 115 Å². The number of rotatable bonds is 5. The first-order valence-electron chi connectivity index (χ1n) is 10.4. The van der Waals surface area contributed by atoms with Gasteiger partial charge in [-0.3, -0.25) is 9.47 Å². The van der Waals surface area contributed by atoms with Crippen LogP contribution in [0.1, 0.15) is 25.3 Å².